The maximum absolute atomic E-state index is 13.8. The first-order valence-corrected chi connectivity index (χ1v) is 5.54. The standard InChI is InChI=1S/C13H8FN3O2/c14-10-6-5-8(17(18)19)7-9(10)13-15-11-3-1-2-4-12(11)16-13/h1-7H,(H,15,16). The lowest BCUT2D eigenvalue weighted by Gasteiger charge is -1.99. The molecule has 0 amide bonds. The summed E-state index contributed by atoms with van der Waals surface area (Å²) >= 11 is 0. The zero-order valence-electron chi connectivity index (χ0n) is 9.63. The lowest BCUT2D eigenvalue weighted by atomic mass is 10.2. The van der Waals surface area contributed by atoms with Crippen molar-refractivity contribution < 1.29 is 9.31 Å². The second-order valence-electron chi connectivity index (χ2n) is 4.02. The van der Waals surface area contributed by atoms with Crippen molar-refractivity contribution >= 4 is 16.7 Å². The first-order chi connectivity index (χ1) is 9.15. The summed E-state index contributed by atoms with van der Waals surface area (Å²) in [7, 11) is 0. The Kier molecular flexibility index (Phi) is 2.49. The van der Waals surface area contributed by atoms with Crippen LogP contribution in [0.15, 0.2) is 42.5 Å². The summed E-state index contributed by atoms with van der Waals surface area (Å²) < 4.78 is 13.8. The van der Waals surface area contributed by atoms with E-state index in [4.69, 9.17) is 0 Å². The van der Waals surface area contributed by atoms with Gasteiger partial charge in [0.15, 0.2) is 0 Å². The molecule has 1 heterocycles. The van der Waals surface area contributed by atoms with Gasteiger partial charge in [0.25, 0.3) is 5.69 Å². The summed E-state index contributed by atoms with van der Waals surface area (Å²) in [5, 5.41) is 10.7. The van der Waals surface area contributed by atoms with Gasteiger partial charge >= 0.3 is 0 Å². The molecule has 0 bridgehead atoms. The SMILES string of the molecule is O=[N+]([O-])c1ccc(F)c(-c2nc3ccccc3[nH]2)c1. The fraction of sp³-hybridized carbons (Fsp3) is 0. The number of hydrogen-bond donors (Lipinski definition) is 1. The van der Waals surface area contributed by atoms with E-state index in [2.05, 4.69) is 9.97 Å². The molecule has 3 aromatic rings. The highest BCUT2D eigenvalue weighted by atomic mass is 19.1. The van der Waals surface area contributed by atoms with Gasteiger partial charge in [0.05, 0.1) is 21.5 Å². The number of non-ortho nitro benzene ring substituents is 1. The van der Waals surface area contributed by atoms with Crippen LogP contribution in [0.5, 0.6) is 0 Å². The van der Waals surface area contributed by atoms with E-state index in [1.54, 1.807) is 12.1 Å². The Balaban J connectivity index is 2.20. The van der Waals surface area contributed by atoms with Crippen LogP contribution in [0.1, 0.15) is 0 Å². The van der Waals surface area contributed by atoms with E-state index >= 15 is 0 Å². The zero-order valence-corrected chi connectivity index (χ0v) is 9.63. The number of H-pyrrole nitrogens is 1. The highest BCUT2D eigenvalue weighted by Gasteiger charge is 2.15. The van der Waals surface area contributed by atoms with Gasteiger partial charge in [-0.05, 0) is 18.2 Å². The number of imidazole rings is 1. The predicted octanol–water partition coefficient (Wildman–Crippen LogP) is 3.28. The van der Waals surface area contributed by atoms with Crippen molar-refractivity contribution in [2.24, 2.45) is 0 Å². The number of aromatic amines is 1. The molecule has 19 heavy (non-hydrogen) atoms. The number of nitro groups is 1. The number of nitrogens with one attached hydrogen (secondary N) is 1. The van der Waals surface area contributed by atoms with E-state index in [-0.39, 0.29) is 17.1 Å². The summed E-state index contributed by atoms with van der Waals surface area (Å²) in [6.45, 7) is 0. The maximum atomic E-state index is 13.8. The number of fused-ring (bicyclic) bond motifs is 1. The van der Waals surface area contributed by atoms with Crippen molar-refractivity contribution in [3.05, 3.63) is 58.4 Å². The molecule has 0 spiro atoms. The molecule has 5 nitrogen and oxygen atoms in total. The van der Waals surface area contributed by atoms with Crippen molar-refractivity contribution in [3.8, 4) is 11.4 Å². The molecular formula is C13H8FN3O2. The minimum atomic E-state index is -0.564. The fourth-order valence-electron chi connectivity index (χ4n) is 1.89. The molecule has 2 aromatic carbocycles. The van der Waals surface area contributed by atoms with Crippen LogP contribution in [0, 0.1) is 15.9 Å². The van der Waals surface area contributed by atoms with E-state index in [1.165, 1.54) is 6.07 Å². The molecule has 0 saturated carbocycles. The molecule has 0 aliphatic rings. The average molecular weight is 257 g/mol. The summed E-state index contributed by atoms with van der Waals surface area (Å²) in [6.07, 6.45) is 0. The van der Waals surface area contributed by atoms with Crippen LogP contribution >= 0.6 is 0 Å². The molecule has 0 radical (unpaired) electrons. The number of aromatic nitrogens is 2. The number of rotatable bonds is 2. The number of benzene rings is 2. The number of halogens is 1. The van der Waals surface area contributed by atoms with Crippen molar-refractivity contribution in [1.82, 2.24) is 9.97 Å². The highest BCUT2D eigenvalue weighted by Crippen LogP contribution is 2.26. The monoisotopic (exact) mass is 257 g/mol. The first-order valence-electron chi connectivity index (χ1n) is 5.54. The highest BCUT2D eigenvalue weighted by molar-refractivity contribution is 5.79. The summed E-state index contributed by atoms with van der Waals surface area (Å²) in [6, 6.07) is 10.6. The van der Waals surface area contributed by atoms with Gasteiger partial charge in [-0.2, -0.15) is 0 Å². The minimum Gasteiger partial charge on any atom is -0.338 e. The van der Waals surface area contributed by atoms with Gasteiger partial charge in [-0.15, -0.1) is 0 Å². The second-order valence-corrected chi connectivity index (χ2v) is 4.02. The van der Waals surface area contributed by atoms with Crippen LogP contribution in [-0.4, -0.2) is 14.9 Å². The second kappa shape index (κ2) is 4.16. The Labute approximate surface area is 106 Å². The van der Waals surface area contributed by atoms with E-state index in [9.17, 15) is 14.5 Å². The first kappa shape index (κ1) is 11.3. The van der Waals surface area contributed by atoms with Gasteiger partial charge in [0.2, 0.25) is 0 Å². The molecule has 3 rings (SSSR count). The normalized spacial score (nSPS) is 10.8. The Morgan fingerprint density at radius 2 is 2.00 bits per heavy atom. The maximum Gasteiger partial charge on any atom is 0.270 e. The average Bonchev–Trinajstić information content (AvgIpc) is 2.82. The zero-order chi connectivity index (χ0) is 13.4. The molecule has 0 atom stereocenters. The quantitative estimate of drug-likeness (QED) is 0.565. The van der Waals surface area contributed by atoms with Crippen LogP contribution in [0.3, 0.4) is 0 Å². The third kappa shape index (κ3) is 1.93. The number of nitro benzene ring substituents is 1. The van der Waals surface area contributed by atoms with E-state index in [0.717, 1.165) is 17.6 Å². The number of nitrogens with zero attached hydrogens (tertiary/aromatic N) is 2. The lowest BCUT2D eigenvalue weighted by Crippen LogP contribution is -1.92. The van der Waals surface area contributed by atoms with Crippen molar-refractivity contribution in [1.29, 1.82) is 0 Å². The third-order valence-corrected chi connectivity index (χ3v) is 2.81. The largest absolute Gasteiger partial charge is 0.338 e. The molecule has 6 heteroatoms. The molecule has 0 unspecified atom stereocenters. The van der Waals surface area contributed by atoms with Crippen LogP contribution in [-0.2, 0) is 0 Å². The lowest BCUT2D eigenvalue weighted by molar-refractivity contribution is -0.384. The van der Waals surface area contributed by atoms with Gasteiger partial charge in [-0.3, -0.25) is 10.1 Å². The molecule has 0 saturated heterocycles. The topological polar surface area (TPSA) is 71.8 Å². The van der Waals surface area contributed by atoms with Crippen LogP contribution < -0.4 is 0 Å². The van der Waals surface area contributed by atoms with Crippen LogP contribution in [0.4, 0.5) is 10.1 Å². The summed E-state index contributed by atoms with van der Waals surface area (Å²) in [5.41, 5.74) is 1.36. The van der Waals surface area contributed by atoms with E-state index in [1.807, 2.05) is 12.1 Å². The van der Waals surface area contributed by atoms with Gasteiger partial charge in [0, 0.05) is 12.1 Å². The van der Waals surface area contributed by atoms with Crippen LogP contribution in [0.2, 0.25) is 0 Å². The van der Waals surface area contributed by atoms with Gasteiger partial charge in [-0.25, -0.2) is 9.37 Å². The molecule has 0 fully saturated rings. The van der Waals surface area contributed by atoms with Crippen molar-refractivity contribution in [3.63, 3.8) is 0 Å². The minimum absolute atomic E-state index is 0.0883. The molecule has 94 valence electrons. The third-order valence-electron chi connectivity index (χ3n) is 2.81. The molecule has 1 N–H and O–H groups in total. The van der Waals surface area contributed by atoms with Crippen LogP contribution in [0.25, 0.3) is 22.4 Å². The molecule has 1 aromatic heterocycles. The Bertz CT molecular complexity index is 749. The van der Waals surface area contributed by atoms with Crippen molar-refractivity contribution in [2.75, 3.05) is 0 Å². The van der Waals surface area contributed by atoms with Gasteiger partial charge in [0.1, 0.15) is 11.6 Å². The number of hydrogen-bond acceptors (Lipinski definition) is 3. The van der Waals surface area contributed by atoms with E-state index < -0.39 is 10.7 Å². The van der Waals surface area contributed by atoms with E-state index in [0.29, 0.717) is 5.52 Å². The Morgan fingerprint density at radius 1 is 1.21 bits per heavy atom. The molecule has 0 aliphatic heterocycles. The smallest absolute Gasteiger partial charge is 0.270 e. The van der Waals surface area contributed by atoms with Gasteiger partial charge < -0.3 is 4.98 Å². The Morgan fingerprint density at radius 3 is 2.74 bits per heavy atom. The van der Waals surface area contributed by atoms with Crippen molar-refractivity contribution in [2.45, 2.75) is 0 Å². The molecular weight excluding hydrogens is 249 g/mol. The van der Waals surface area contributed by atoms with Gasteiger partial charge in [-0.1, -0.05) is 12.1 Å². The summed E-state index contributed by atoms with van der Waals surface area (Å²) in [4.78, 5) is 17.3. The predicted molar refractivity (Wildman–Crippen MR) is 68.1 cm³/mol. The Hall–Kier alpha value is -2.76. The summed E-state index contributed by atoms with van der Waals surface area (Å²) in [5.74, 6) is -0.271. The fourth-order valence-corrected chi connectivity index (χ4v) is 1.89. The molecule has 0 aliphatic carbocycles. The number of para-hydroxylation sites is 2.